The Bertz CT molecular complexity index is 835. The van der Waals surface area contributed by atoms with Crippen LogP contribution in [0.25, 0.3) is 0 Å². The Morgan fingerprint density at radius 2 is 1.87 bits per heavy atom. The van der Waals surface area contributed by atoms with E-state index in [-0.39, 0.29) is 35.1 Å². The molecule has 1 saturated heterocycles. The molecule has 166 valence electrons. The van der Waals surface area contributed by atoms with E-state index >= 15 is 0 Å². The van der Waals surface area contributed by atoms with E-state index in [1.54, 1.807) is 19.2 Å². The van der Waals surface area contributed by atoms with Crippen molar-refractivity contribution in [1.29, 1.82) is 0 Å². The molecule has 2 fully saturated rings. The van der Waals surface area contributed by atoms with Crippen LogP contribution in [-0.2, 0) is 24.3 Å². The van der Waals surface area contributed by atoms with Crippen LogP contribution in [0.15, 0.2) is 29.2 Å². The van der Waals surface area contributed by atoms with Crippen LogP contribution in [0.4, 0.5) is 5.69 Å². The van der Waals surface area contributed by atoms with Crippen molar-refractivity contribution in [3.8, 4) is 0 Å². The number of hydrogen-bond acceptors (Lipinski definition) is 5. The van der Waals surface area contributed by atoms with Crippen molar-refractivity contribution in [2.24, 2.45) is 5.92 Å². The van der Waals surface area contributed by atoms with Crippen molar-refractivity contribution in [3.05, 3.63) is 24.3 Å². The third kappa shape index (κ3) is 5.80. The Morgan fingerprint density at radius 1 is 1.17 bits per heavy atom. The first-order valence-electron chi connectivity index (χ1n) is 10.6. The van der Waals surface area contributed by atoms with Crippen LogP contribution in [0.5, 0.6) is 0 Å². The van der Waals surface area contributed by atoms with Crippen LogP contribution >= 0.6 is 0 Å². The minimum atomic E-state index is -3.60. The van der Waals surface area contributed by atoms with E-state index in [0.29, 0.717) is 31.8 Å². The smallest absolute Gasteiger partial charge is 0.240 e. The molecule has 2 N–H and O–H groups in total. The van der Waals surface area contributed by atoms with E-state index in [2.05, 4.69) is 10.0 Å². The van der Waals surface area contributed by atoms with Crippen molar-refractivity contribution in [2.75, 3.05) is 32.1 Å². The van der Waals surface area contributed by atoms with Crippen LogP contribution in [0.2, 0.25) is 0 Å². The minimum absolute atomic E-state index is 0.0584. The second-order valence-corrected chi connectivity index (χ2v) is 9.76. The number of hydrogen-bond donors (Lipinski definition) is 2. The number of carbonyl (C=O) groups is 2. The summed E-state index contributed by atoms with van der Waals surface area (Å²) in [5.41, 5.74) is 0.516. The normalized spacial score (nSPS) is 20.5. The molecule has 1 atom stereocenters. The number of methoxy groups -OCH3 is 1. The number of sulfonamides is 1. The first-order valence-corrected chi connectivity index (χ1v) is 12.1. The van der Waals surface area contributed by atoms with Crippen LogP contribution in [0.3, 0.4) is 0 Å². The highest BCUT2D eigenvalue weighted by atomic mass is 32.2. The summed E-state index contributed by atoms with van der Waals surface area (Å²) in [6, 6.07) is 6.32. The molecule has 0 spiro atoms. The van der Waals surface area contributed by atoms with Gasteiger partial charge in [-0.25, -0.2) is 13.1 Å². The third-order valence-electron chi connectivity index (χ3n) is 5.79. The van der Waals surface area contributed by atoms with Gasteiger partial charge in [0.25, 0.3) is 0 Å². The van der Waals surface area contributed by atoms with Gasteiger partial charge in [0.1, 0.15) is 0 Å². The van der Waals surface area contributed by atoms with E-state index in [4.69, 9.17) is 4.74 Å². The zero-order valence-electron chi connectivity index (χ0n) is 17.4. The lowest BCUT2D eigenvalue weighted by atomic mass is 9.94. The summed E-state index contributed by atoms with van der Waals surface area (Å²) in [5.74, 6) is -0.511. The molecule has 30 heavy (non-hydrogen) atoms. The van der Waals surface area contributed by atoms with Crippen molar-refractivity contribution in [3.63, 3.8) is 0 Å². The first kappa shape index (κ1) is 22.7. The van der Waals surface area contributed by atoms with Crippen LogP contribution in [0, 0.1) is 5.92 Å². The van der Waals surface area contributed by atoms with E-state index in [1.165, 1.54) is 18.6 Å². The molecule has 1 aliphatic carbocycles. The molecule has 9 heteroatoms. The summed E-state index contributed by atoms with van der Waals surface area (Å²) in [5, 5.41) is 2.82. The van der Waals surface area contributed by atoms with E-state index in [9.17, 15) is 18.0 Å². The lowest BCUT2D eigenvalue weighted by molar-refractivity contribution is -0.130. The van der Waals surface area contributed by atoms with Crippen LogP contribution < -0.4 is 10.0 Å². The molecule has 1 saturated carbocycles. The fourth-order valence-electron chi connectivity index (χ4n) is 4.12. The maximum absolute atomic E-state index is 12.6. The second kappa shape index (κ2) is 10.4. The van der Waals surface area contributed by atoms with Crippen molar-refractivity contribution < 1.29 is 22.7 Å². The minimum Gasteiger partial charge on any atom is -0.385 e. The molecule has 1 heterocycles. The Morgan fingerprint density at radius 3 is 2.53 bits per heavy atom. The van der Waals surface area contributed by atoms with Gasteiger partial charge >= 0.3 is 0 Å². The zero-order chi connectivity index (χ0) is 21.6. The summed E-state index contributed by atoms with van der Waals surface area (Å²) >= 11 is 0. The van der Waals surface area contributed by atoms with Gasteiger partial charge < -0.3 is 15.0 Å². The maximum Gasteiger partial charge on any atom is 0.240 e. The summed E-state index contributed by atoms with van der Waals surface area (Å²) in [6.45, 7) is 1.24. The average molecular weight is 438 g/mol. The number of nitrogens with zero attached hydrogens (tertiary/aromatic N) is 1. The molecule has 3 rings (SSSR count). The second-order valence-electron chi connectivity index (χ2n) is 8.00. The third-order valence-corrected chi connectivity index (χ3v) is 7.27. The van der Waals surface area contributed by atoms with Gasteiger partial charge in [0.15, 0.2) is 0 Å². The van der Waals surface area contributed by atoms with Crippen LogP contribution in [-0.4, -0.2) is 58.0 Å². The molecule has 0 bridgehead atoms. The number of ether oxygens (including phenoxy) is 1. The Kier molecular flexibility index (Phi) is 7.85. The highest BCUT2D eigenvalue weighted by Gasteiger charge is 2.38. The molecule has 0 radical (unpaired) electrons. The predicted molar refractivity (Wildman–Crippen MR) is 113 cm³/mol. The number of amides is 2. The molecule has 0 aromatic heterocycles. The standard InChI is InChI=1S/C21H31N3O5S/c1-29-13-5-12-22-30(27,28)19-10-8-17(9-11-19)23-21(26)16-14-20(25)24(15-16)18-6-3-2-4-7-18/h8-11,16,18,22H,2-7,12-15H2,1H3,(H,23,26)/t16-/m1/s1. The summed E-state index contributed by atoms with van der Waals surface area (Å²) in [7, 11) is -2.03. The highest BCUT2D eigenvalue weighted by molar-refractivity contribution is 7.89. The number of anilines is 1. The summed E-state index contributed by atoms with van der Waals surface area (Å²) < 4.78 is 32.0. The Balaban J connectivity index is 1.54. The number of carbonyl (C=O) groups excluding carboxylic acids is 2. The predicted octanol–water partition coefficient (Wildman–Crippen LogP) is 2.12. The number of nitrogens with one attached hydrogen (secondary N) is 2. The molecule has 1 aliphatic heterocycles. The molecule has 1 aromatic carbocycles. The molecule has 0 unspecified atom stereocenters. The van der Waals surface area contributed by atoms with Crippen molar-refractivity contribution in [2.45, 2.75) is 55.9 Å². The lowest BCUT2D eigenvalue weighted by Gasteiger charge is -2.31. The number of likely N-dealkylation sites (tertiary alicyclic amines) is 1. The Labute approximate surface area is 178 Å². The monoisotopic (exact) mass is 437 g/mol. The van der Waals surface area contributed by atoms with Crippen LogP contribution in [0.1, 0.15) is 44.9 Å². The average Bonchev–Trinajstić information content (AvgIpc) is 3.14. The highest BCUT2D eigenvalue weighted by Crippen LogP contribution is 2.29. The van der Waals surface area contributed by atoms with Crippen molar-refractivity contribution >= 4 is 27.5 Å². The summed E-state index contributed by atoms with van der Waals surface area (Å²) in [6.07, 6.45) is 6.37. The van der Waals surface area contributed by atoms with E-state index in [1.807, 2.05) is 4.90 Å². The van der Waals surface area contributed by atoms with Gasteiger partial charge in [0, 0.05) is 45.0 Å². The van der Waals surface area contributed by atoms with Gasteiger partial charge in [-0.15, -0.1) is 0 Å². The van der Waals surface area contributed by atoms with Gasteiger partial charge in [-0.05, 0) is 43.5 Å². The van der Waals surface area contributed by atoms with Gasteiger partial charge in [-0.2, -0.15) is 0 Å². The molecule has 1 aromatic rings. The molecule has 2 amide bonds. The molecule has 2 aliphatic rings. The fourth-order valence-corrected chi connectivity index (χ4v) is 5.20. The number of rotatable bonds is 9. The zero-order valence-corrected chi connectivity index (χ0v) is 18.2. The van der Waals surface area contributed by atoms with Gasteiger partial charge in [-0.3, -0.25) is 9.59 Å². The topological polar surface area (TPSA) is 105 Å². The SMILES string of the molecule is COCCCNS(=O)(=O)c1ccc(NC(=O)[C@@H]2CC(=O)N(C3CCCCC3)C2)cc1. The first-order chi connectivity index (χ1) is 14.4. The summed E-state index contributed by atoms with van der Waals surface area (Å²) in [4.78, 5) is 27.0. The quantitative estimate of drug-likeness (QED) is 0.576. The van der Waals surface area contributed by atoms with Gasteiger partial charge in [-0.1, -0.05) is 19.3 Å². The maximum atomic E-state index is 12.6. The number of benzene rings is 1. The molecular weight excluding hydrogens is 406 g/mol. The Hall–Kier alpha value is -1.97. The lowest BCUT2D eigenvalue weighted by Crippen LogP contribution is -2.38. The van der Waals surface area contributed by atoms with E-state index < -0.39 is 10.0 Å². The van der Waals surface area contributed by atoms with E-state index in [0.717, 1.165) is 25.7 Å². The molecule has 8 nitrogen and oxygen atoms in total. The van der Waals surface area contributed by atoms with Crippen molar-refractivity contribution in [1.82, 2.24) is 9.62 Å². The fraction of sp³-hybridized carbons (Fsp3) is 0.619. The van der Waals surface area contributed by atoms with Gasteiger partial charge in [0.2, 0.25) is 21.8 Å². The van der Waals surface area contributed by atoms with Gasteiger partial charge in [0.05, 0.1) is 10.8 Å². The molecular formula is C21H31N3O5S. The largest absolute Gasteiger partial charge is 0.385 e.